The highest BCUT2D eigenvalue weighted by molar-refractivity contribution is 8.00. The number of pyridine rings is 1. The number of amides is 2. The van der Waals surface area contributed by atoms with Crippen molar-refractivity contribution < 1.29 is 28.9 Å². The maximum atomic E-state index is 13.0. The van der Waals surface area contributed by atoms with E-state index in [-0.39, 0.29) is 22.4 Å². The molecule has 0 bridgehead atoms. The van der Waals surface area contributed by atoms with Gasteiger partial charge in [-0.05, 0) is 11.5 Å². The summed E-state index contributed by atoms with van der Waals surface area (Å²) in [5.74, 6) is -2.10. The van der Waals surface area contributed by atoms with Crippen molar-refractivity contribution in [3.63, 3.8) is 0 Å². The van der Waals surface area contributed by atoms with Crippen LogP contribution in [0, 0.1) is 0 Å². The number of aromatic nitrogens is 3. The average molecular weight is 527 g/mol. The van der Waals surface area contributed by atoms with Gasteiger partial charge < -0.3 is 21.0 Å². The number of aliphatic carboxylic acids is 1. The Morgan fingerprint density at radius 3 is 2.81 bits per heavy atom. The lowest BCUT2D eigenvalue weighted by molar-refractivity contribution is -0.687. The van der Waals surface area contributed by atoms with Crippen LogP contribution in [0.25, 0.3) is 10.8 Å². The molecule has 184 valence electrons. The van der Waals surface area contributed by atoms with E-state index in [1.165, 1.54) is 23.8 Å². The molecule has 1 unspecified atom stereocenters. The lowest BCUT2D eigenvalue weighted by atomic mass is 10.0. The van der Waals surface area contributed by atoms with Crippen LogP contribution in [0.2, 0.25) is 0 Å². The lowest BCUT2D eigenvalue weighted by Gasteiger charge is -2.49. The molecular formula is C22H20N7O5S2+. The minimum Gasteiger partial charge on any atom is -0.477 e. The Labute approximate surface area is 212 Å². The smallest absolute Gasteiger partial charge is 0.352 e. The van der Waals surface area contributed by atoms with Gasteiger partial charge in [0.2, 0.25) is 11.5 Å². The second-order valence-corrected chi connectivity index (χ2v) is 9.83. The topological polar surface area (TPSA) is 164 Å². The predicted octanol–water partition coefficient (Wildman–Crippen LogP) is 0.350. The summed E-state index contributed by atoms with van der Waals surface area (Å²) in [5.41, 5.74) is 5.90. The number of oxime groups is 1. The number of thioether (sulfide) groups is 1. The SMILES string of the molecule is CON=C(C(=O)NC1C(=O)N2C(C(=O)O)=C(C[n+]3ccc4ccccc4c3)CS[C@@H]12)c1nsc(N)n1. The van der Waals surface area contributed by atoms with Crippen LogP contribution in [-0.4, -0.2) is 67.1 Å². The molecule has 0 spiro atoms. The van der Waals surface area contributed by atoms with Gasteiger partial charge >= 0.3 is 5.97 Å². The maximum absolute atomic E-state index is 13.0. The molecule has 0 radical (unpaired) electrons. The molecule has 5 rings (SSSR count). The molecule has 36 heavy (non-hydrogen) atoms. The van der Waals surface area contributed by atoms with Gasteiger partial charge in [0, 0.05) is 34.3 Å². The van der Waals surface area contributed by atoms with Gasteiger partial charge in [0.1, 0.15) is 24.2 Å². The van der Waals surface area contributed by atoms with E-state index in [9.17, 15) is 19.5 Å². The van der Waals surface area contributed by atoms with Crippen LogP contribution >= 0.6 is 23.3 Å². The number of nitrogen functional groups attached to an aromatic ring is 1. The van der Waals surface area contributed by atoms with Crippen molar-refractivity contribution in [1.82, 2.24) is 19.6 Å². The van der Waals surface area contributed by atoms with E-state index in [1.54, 1.807) is 0 Å². The number of anilines is 1. The summed E-state index contributed by atoms with van der Waals surface area (Å²) >= 11 is 2.27. The van der Waals surface area contributed by atoms with Gasteiger partial charge in [0.25, 0.3) is 11.8 Å². The summed E-state index contributed by atoms with van der Waals surface area (Å²) in [4.78, 5) is 47.9. The molecule has 2 aliphatic heterocycles. The molecule has 2 amide bonds. The number of carbonyl (C=O) groups excluding carboxylic acids is 2. The number of nitrogens with two attached hydrogens (primary N) is 1. The van der Waals surface area contributed by atoms with Crippen LogP contribution in [-0.2, 0) is 25.8 Å². The Balaban J connectivity index is 1.36. The zero-order valence-corrected chi connectivity index (χ0v) is 20.5. The number of carboxylic acids is 1. The van der Waals surface area contributed by atoms with Crippen molar-refractivity contribution in [1.29, 1.82) is 0 Å². The Hall–Kier alpha value is -4.04. The number of carboxylic acid groups (broad SMARTS) is 1. The molecule has 3 aromatic rings. The first-order chi connectivity index (χ1) is 17.4. The van der Waals surface area contributed by atoms with E-state index >= 15 is 0 Å². The number of hydrogen-bond acceptors (Lipinski definition) is 10. The van der Waals surface area contributed by atoms with Crippen LogP contribution in [0.1, 0.15) is 5.82 Å². The number of rotatable bonds is 7. The summed E-state index contributed by atoms with van der Waals surface area (Å²) in [7, 11) is 1.26. The number of fused-ring (bicyclic) bond motifs is 2. The largest absolute Gasteiger partial charge is 0.477 e. The number of nitrogens with zero attached hydrogens (tertiary/aromatic N) is 5. The fraction of sp³-hybridized carbons (Fsp3) is 0.227. The third kappa shape index (κ3) is 4.24. The fourth-order valence-electron chi connectivity index (χ4n) is 4.12. The molecule has 4 N–H and O–H groups in total. The lowest BCUT2D eigenvalue weighted by Crippen LogP contribution is -2.71. The van der Waals surface area contributed by atoms with E-state index in [0.717, 1.165) is 22.3 Å². The molecule has 1 fully saturated rings. The highest BCUT2D eigenvalue weighted by Crippen LogP contribution is 2.40. The van der Waals surface area contributed by atoms with Crippen LogP contribution in [0.5, 0.6) is 0 Å². The van der Waals surface area contributed by atoms with Gasteiger partial charge in [-0.3, -0.25) is 14.5 Å². The van der Waals surface area contributed by atoms with Crippen LogP contribution in [0.15, 0.2) is 59.2 Å². The van der Waals surface area contributed by atoms with Crippen molar-refractivity contribution in [2.24, 2.45) is 5.16 Å². The Morgan fingerprint density at radius 2 is 2.11 bits per heavy atom. The standard InChI is InChI=1S/C22H19N7O5S2/c1-34-26-14(17-25-22(23)36-27-17)18(30)24-15-19(31)29-16(21(32)33)13(10-35-20(15)29)9-28-7-6-11-4-2-3-5-12(11)8-28/h2-8,15,20H,9-10H2,1H3,(H3-,23,24,25,27,30,32,33)/p+1/t15?,20-/m0/s1. The van der Waals surface area contributed by atoms with E-state index in [0.29, 0.717) is 17.9 Å². The first-order valence-corrected chi connectivity index (χ1v) is 12.5. The van der Waals surface area contributed by atoms with Crippen molar-refractivity contribution in [2.45, 2.75) is 18.0 Å². The molecule has 1 saturated heterocycles. The summed E-state index contributed by atoms with van der Waals surface area (Å²) < 4.78 is 5.85. The van der Waals surface area contributed by atoms with Gasteiger partial charge in [-0.15, -0.1) is 11.8 Å². The molecule has 1 aromatic carbocycles. The zero-order valence-electron chi connectivity index (χ0n) is 18.8. The first-order valence-electron chi connectivity index (χ1n) is 10.7. The van der Waals surface area contributed by atoms with E-state index in [1.807, 2.05) is 47.3 Å². The summed E-state index contributed by atoms with van der Waals surface area (Å²) in [6.45, 7) is 0.314. The average Bonchev–Trinajstić information content (AvgIpc) is 3.30. The monoisotopic (exact) mass is 526 g/mol. The van der Waals surface area contributed by atoms with Crippen molar-refractivity contribution in [3.05, 3.63) is 59.8 Å². The van der Waals surface area contributed by atoms with Gasteiger partial charge in [-0.1, -0.05) is 23.4 Å². The second-order valence-electron chi connectivity index (χ2n) is 7.94. The molecule has 2 aliphatic rings. The number of nitrogens with one attached hydrogen (secondary N) is 1. The molecule has 0 saturated carbocycles. The van der Waals surface area contributed by atoms with Crippen molar-refractivity contribution in [3.8, 4) is 0 Å². The Bertz CT molecular complexity index is 1450. The third-order valence-corrected chi connectivity index (χ3v) is 7.59. The summed E-state index contributed by atoms with van der Waals surface area (Å²) in [5, 5.41) is 17.9. The van der Waals surface area contributed by atoms with Gasteiger partial charge in [-0.25, -0.2) is 9.36 Å². The van der Waals surface area contributed by atoms with Gasteiger partial charge in [-0.2, -0.15) is 9.36 Å². The molecule has 0 aliphatic carbocycles. The zero-order chi connectivity index (χ0) is 25.4. The minimum atomic E-state index is -1.20. The highest BCUT2D eigenvalue weighted by atomic mass is 32.2. The Kier molecular flexibility index (Phi) is 6.28. The van der Waals surface area contributed by atoms with Crippen molar-refractivity contribution >= 4 is 62.7 Å². The quantitative estimate of drug-likeness (QED) is 0.171. The van der Waals surface area contributed by atoms with E-state index < -0.39 is 29.2 Å². The number of benzene rings is 1. The van der Waals surface area contributed by atoms with E-state index in [4.69, 9.17) is 10.6 Å². The van der Waals surface area contributed by atoms with Crippen LogP contribution in [0.3, 0.4) is 0 Å². The molecule has 14 heteroatoms. The first kappa shape index (κ1) is 23.7. The van der Waals surface area contributed by atoms with Gasteiger partial charge in [0.05, 0.1) is 0 Å². The summed E-state index contributed by atoms with van der Waals surface area (Å²) in [6, 6.07) is 8.88. The normalized spacial score (nSPS) is 19.6. The number of hydrogen-bond donors (Lipinski definition) is 3. The molecule has 4 heterocycles. The molecule has 12 nitrogen and oxygen atoms in total. The van der Waals surface area contributed by atoms with Crippen LogP contribution in [0.4, 0.5) is 5.13 Å². The molecule has 2 atom stereocenters. The minimum absolute atomic E-state index is 0.0300. The number of carbonyl (C=O) groups is 3. The second kappa shape index (κ2) is 9.54. The van der Waals surface area contributed by atoms with Gasteiger partial charge in [0.15, 0.2) is 24.1 Å². The molecular weight excluding hydrogens is 506 g/mol. The molecule has 2 aromatic heterocycles. The third-order valence-electron chi connectivity index (χ3n) is 5.71. The highest BCUT2D eigenvalue weighted by Gasteiger charge is 2.54. The Morgan fingerprint density at radius 1 is 1.33 bits per heavy atom. The predicted molar refractivity (Wildman–Crippen MR) is 132 cm³/mol. The number of β-lactam (4-membered cyclic amide) rings is 1. The fourth-order valence-corrected chi connectivity index (χ4v) is 5.89. The van der Waals surface area contributed by atoms with Crippen molar-refractivity contribution in [2.75, 3.05) is 18.6 Å². The summed E-state index contributed by atoms with van der Waals surface area (Å²) in [6.07, 6.45) is 3.82. The van der Waals surface area contributed by atoms with E-state index in [2.05, 4.69) is 19.8 Å². The maximum Gasteiger partial charge on any atom is 0.352 e. The van der Waals surface area contributed by atoms with Crippen LogP contribution < -0.4 is 15.6 Å².